The Hall–Kier alpha value is -1.05. The Balaban J connectivity index is 2.20. The predicted molar refractivity (Wildman–Crippen MR) is 76.4 cm³/mol. The Kier molecular flexibility index (Phi) is 4.41. The van der Waals surface area contributed by atoms with Gasteiger partial charge in [0.25, 0.3) is 5.91 Å². The van der Waals surface area contributed by atoms with Crippen LogP contribution in [0.25, 0.3) is 0 Å². The van der Waals surface area contributed by atoms with Gasteiger partial charge in [-0.15, -0.1) is 11.3 Å². The quantitative estimate of drug-likeness (QED) is 0.734. The molecule has 106 valence electrons. The largest absolute Gasteiger partial charge is 0.416 e. The molecule has 2 rings (SSSR count). The smallest absolute Gasteiger partial charge is 0.321 e. The summed E-state index contributed by atoms with van der Waals surface area (Å²) in [7, 11) is 0. The molecular formula is C12H6BrClF3NOS. The molecule has 0 saturated heterocycles. The van der Waals surface area contributed by atoms with E-state index in [9.17, 15) is 18.0 Å². The van der Waals surface area contributed by atoms with Crippen LogP contribution in [0.2, 0.25) is 5.02 Å². The van der Waals surface area contributed by atoms with Crippen molar-refractivity contribution in [3.05, 3.63) is 49.6 Å². The molecular weight excluding hydrogens is 379 g/mol. The van der Waals surface area contributed by atoms with Gasteiger partial charge in [-0.1, -0.05) is 11.6 Å². The second-order valence-corrected chi connectivity index (χ2v) is 6.48. The van der Waals surface area contributed by atoms with E-state index >= 15 is 0 Å². The average molecular weight is 385 g/mol. The summed E-state index contributed by atoms with van der Waals surface area (Å²) in [5.41, 5.74) is -0.330. The van der Waals surface area contributed by atoms with Crippen LogP contribution in [0.1, 0.15) is 15.9 Å². The first-order valence-corrected chi connectivity index (χ1v) is 7.24. The standard InChI is InChI=1S/C12H6BrClF3NOS/c13-10-3-6(5-20-10)11(19)18-9-2-1-7(4-8(9)14)12(15,16)17/h1-5H,(H,18,19). The number of anilines is 1. The van der Waals surface area contributed by atoms with E-state index in [2.05, 4.69) is 21.2 Å². The van der Waals surface area contributed by atoms with Gasteiger partial charge in [0.2, 0.25) is 0 Å². The lowest BCUT2D eigenvalue weighted by Gasteiger charge is -2.10. The minimum Gasteiger partial charge on any atom is -0.321 e. The van der Waals surface area contributed by atoms with Gasteiger partial charge in [0.1, 0.15) is 0 Å². The molecule has 0 aliphatic carbocycles. The van der Waals surface area contributed by atoms with Crippen LogP contribution in [0.4, 0.5) is 18.9 Å². The lowest BCUT2D eigenvalue weighted by atomic mass is 10.2. The average Bonchev–Trinajstić information content (AvgIpc) is 2.77. The highest BCUT2D eigenvalue weighted by Crippen LogP contribution is 2.34. The summed E-state index contributed by atoms with van der Waals surface area (Å²) in [5, 5.41) is 3.92. The van der Waals surface area contributed by atoms with Crippen molar-refractivity contribution >= 4 is 50.5 Å². The molecule has 0 atom stereocenters. The molecule has 0 radical (unpaired) electrons. The normalized spacial score (nSPS) is 11.4. The van der Waals surface area contributed by atoms with E-state index < -0.39 is 17.6 Å². The second-order valence-electron chi connectivity index (χ2n) is 3.79. The molecule has 1 heterocycles. The van der Waals surface area contributed by atoms with E-state index in [0.717, 1.165) is 22.0 Å². The van der Waals surface area contributed by atoms with Crippen molar-refractivity contribution < 1.29 is 18.0 Å². The van der Waals surface area contributed by atoms with E-state index in [4.69, 9.17) is 11.6 Å². The van der Waals surface area contributed by atoms with Crippen LogP contribution in [0.15, 0.2) is 33.4 Å². The Morgan fingerprint density at radius 3 is 2.50 bits per heavy atom. The molecule has 0 aliphatic heterocycles. The molecule has 0 unspecified atom stereocenters. The van der Waals surface area contributed by atoms with Crippen LogP contribution < -0.4 is 5.32 Å². The Labute approximate surface area is 129 Å². The van der Waals surface area contributed by atoms with E-state index in [0.29, 0.717) is 5.56 Å². The predicted octanol–water partition coefficient (Wildman–Crippen LogP) is 5.44. The number of carbonyl (C=O) groups is 1. The zero-order valence-electron chi connectivity index (χ0n) is 9.59. The molecule has 0 aliphatic rings. The van der Waals surface area contributed by atoms with Gasteiger partial charge in [-0.05, 0) is 40.2 Å². The van der Waals surface area contributed by atoms with Gasteiger partial charge in [0.15, 0.2) is 0 Å². The number of hydrogen-bond donors (Lipinski definition) is 1. The van der Waals surface area contributed by atoms with Gasteiger partial charge in [0.05, 0.1) is 25.6 Å². The highest BCUT2D eigenvalue weighted by molar-refractivity contribution is 9.11. The Bertz CT molecular complexity index is 656. The van der Waals surface area contributed by atoms with Crippen LogP contribution in [-0.2, 0) is 6.18 Å². The lowest BCUT2D eigenvalue weighted by molar-refractivity contribution is -0.137. The lowest BCUT2D eigenvalue weighted by Crippen LogP contribution is -2.12. The Morgan fingerprint density at radius 2 is 2.00 bits per heavy atom. The van der Waals surface area contributed by atoms with Crippen LogP contribution in [0.5, 0.6) is 0 Å². The summed E-state index contributed by atoms with van der Waals surface area (Å²) in [6.45, 7) is 0. The number of thiophene rings is 1. The fourth-order valence-electron chi connectivity index (χ4n) is 1.42. The SMILES string of the molecule is O=C(Nc1ccc(C(F)(F)F)cc1Cl)c1csc(Br)c1. The van der Waals surface area contributed by atoms with Gasteiger partial charge < -0.3 is 5.32 Å². The van der Waals surface area contributed by atoms with Gasteiger partial charge in [-0.2, -0.15) is 13.2 Å². The third-order valence-electron chi connectivity index (χ3n) is 2.37. The number of nitrogens with one attached hydrogen (secondary N) is 1. The maximum absolute atomic E-state index is 12.5. The van der Waals surface area contributed by atoms with E-state index in [-0.39, 0.29) is 10.7 Å². The molecule has 0 saturated carbocycles. The van der Waals surface area contributed by atoms with Crippen molar-refractivity contribution in [1.29, 1.82) is 0 Å². The summed E-state index contributed by atoms with van der Waals surface area (Å²) in [4.78, 5) is 11.9. The van der Waals surface area contributed by atoms with E-state index in [1.54, 1.807) is 11.4 Å². The van der Waals surface area contributed by atoms with Crippen molar-refractivity contribution in [1.82, 2.24) is 0 Å². The molecule has 1 N–H and O–H groups in total. The minimum atomic E-state index is -4.47. The highest BCUT2D eigenvalue weighted by atomic mass is 79.9. The van der Waals surface area contributed by atoms with Crippen LogP contribution >= 0.6 is 38.9 Å². The van der Waals surface area contributed by atoms with Crippen LogP contribution in [-0.4, -0.2) is 5.91 Å². The molecule has 1 amide bonds. The topological polar surface area (TPSA) is 29.1 Å². The van der Waals surface area contributed by atoms with E-state index in [1.807, 2.05) is 0 Å². The monoisotopic (exact) mass is 383 g/mol. The highest BCUT2D eigenvalue weighted by Gasteiger charge is 2.31. The van der Waals surface area contributed by atoms with Crippen molar-refractivity contribution in [2.75, 3.05) is 5.32 Å². The second kappa shape index (κ2) is 5.75. The third-order valence-corrected chi connectivity index (χ3v) is 4.19. The number of benzene rings is 1. The first-order valence-electron chi connectivity index (χ1n) is 5.19. The number of hydrogen-bond acceptors (Lipinski definition) is 2. The molecule has 1 aromatic heterocycles. The fraction of sp³-hybridized carbons (Fsp3) is 0.0833. The summed E-state index contributed by atoms with van der Waals surface area (Å²) >= 11 is 10.3. The van der Waals surface area contributed by atoms with Crippen LogP contribution in [0.3, 0.4) is 0 Å². The van der Waals surface area contributed by atoms with Crippen molar-refractivity contribution in [3.8, 4) is 0 Å². The molecule has 0 spiro atoms. The van der Waals surface area contributed by atoms with Crippen molar-refractivity contribution in [2.45, 2.75) is 6.18 Å². The van der Waals surface area contributed by atoms with Crippen LogP contribution in [0, 0.1) is 0 Å². The molecule has 0 fully saturated rings. The maximum atomic E-state index is 12.5. The number of alkyl halides is 3. The number of carbonyl (C=O) groups excluding carboxylic acids is 1. The number of rotatable bonds is 2. The zero-order chi connectivity index (χ0) is 14.9. The molecule has 20 heavy (non-hydrogen) atoms. The summed E-state index contributed by atoms with van der Waals surface area (Å²) in [5.74, 6) is -0.436. The fourth-order valence-corrected chi connectivity index (χ4v) is 2.78. The summed E-state index contributed by atoms with van der Waals surface area (Å²) in [6, 6.07) is 4.38. The Morgan fingerprint density at radius 1 is 1.30 bits per heavy atom. The molecule has 2 aromatic rings. The first-order chi connectivity index (χ1) is 9.27. The summed E-state index contributed by atoms with van der Waals surface area (Å²) in [6.07, 6.45) is -4.47. The van der Waals surface area contributed by atoms with Gasteiger partial charge >= 0.3 is 6.18 Å². The molecule has 0 bridgehead atoms. The first kappa shape index (κ1) is 15.3. The van der Waals surface area contributed by atoms with Crippen molar-refractivity contribution in [3.63, 3.8) is 0 Å². The molecule has 1 aromatic carbocycles. The van der Waals surface area contributed by atoms with Crippen molar-refractivity contribution in [2.24, 2.45) is 0 Å². The van der Waals surface area contributed by atoms with Gasteiger partial charge in [0, 0.05) is 5.38 Å². The maximum Gasteiger partial charge on any atom is 0.416 e. The zero-order valence-corrected chi connectivity index (χ0v) is 12.8. The molecule has 2 nitrogen and oxygen atoms in total. The van der Waals surface area contributed by atoms with E-state index in [1.165, 1.54) is 11.3 Å². The number of amides is 1. The van der Waals surface area contributed by atoms with Gasteiger partial charge in [-0.3, -0.25) is 4.79 Å². The van der Waals surface area contributed by atoms with Gasteiger partial charge in [-0.25, -0.2) is 0 Å². The minimum absolute atomic E-state index is 0.131. The third kappa shape index (κ3) is 3.53. The number of halogens is 5. The molecule has 8 heteroatoms. The summed E-state index contributed by atoms with van der Waals surface area (Å²) < 4.78 is 38.2.